The molecule has 0 saturated carbocycles. The molecule has 0 saturated heterocycles. The summed E-state index contributed by atoms with van der Waals surface area (Å²) in [5, 5.41) is 0. The number of rotatable bonds is 3. The zero-order valence-electron chi connectivity index (χ0n) is 9.65. The summed E-state index contributed by atoms with van der Waals surface area (Å²) >= 11 is 0. The first-order valence-electron chi connectivity index (χ1n) is 5.68. The Morgan fingerprint density at radius 2 is 2.31 bits per heavy atom. The summed E-state index contributed by atoms with van der Waals surface area (Å²) in [5.41, 5.74) is 13.2. The van der Waals surface area contributed by atoms with Gasteiger partial charge in [0.25, 0.3) is 0 Å². The van der Waals surface area contributed by atoms with Crippen molar-refractivity contribution in [1.29, 1.82) is 0 Å². The standard InChI is InChI=1S/C12H19N3O/c1-15-9(4-3-7-13)8-16-12-10(14)5-2-6-11(12)15/h2,5-6,9H,3-4,7-8,13-14H2,1H3. The molecule has 1 heterocycles. The number of ether oxygens (including phenoxy) is 1. The number of nitrogen functional groups attached to an aromatic ring is 1. The highest BCUT2D eigenvalue weighted by Crippen LogP contribution is 2.38. The molecule has 1 atom stereocenters. The molecule has 4 N–H and O–H groups in total. The molecule has 16 heavy (non-hydrogen) atoms. The lowest BCUT2D eigenvalue weighted by atomic mass is 10.1. The molecule has 1 aliphatic heterocycles. The van der Waals surface area contributed by atoms with Gasteiger partial charge in [0.05, 0.1) is 17.4 Å². The van der Waals surface area contributed by atoms with Crippen molar-refractivity contribution in [3.05, 3.63) is 18.2 Å². The number of likely N-dealkylation sites (N-methyl/N-ethyl adjacent to an activating group) is 1. The van der Waals surface area contributed by atoms with Crippen LogP contribution in [0.5, 0.6) is 5.75 Å². The third kappa shape index (κ3) is 1.93. The van der Waals surface area contributed by atoms with Crippen molar-refractivity contribution in [2.24, 2.45) is 5.73 Å². The Hall–Kier alpha value is -1.42. The number of benzene rings is 1. The molecule has 1 unspecified atom stereocenters. The molecular weight excluding hydrogens is 202 g/mol. The lowest BCUT2D eigenvalue weighted by molar-refractivity contribution is 0.260. The normalized spacial score (nSPS) is 19.1. The van der Waals surface area contributed by atoms with Crippen LogP contribution in [0.4, 0.5) is 11.4 Å². The molecule has 1 aliphatic rings. The lowest BCUT2D eigenvalue weighted by Crippen LogP contribution is -2.40. The number of nitrogens with zero attached hydrogens (tertiary/aromatic N) is 1. The summed E-state index contributed by atoms with van der Waals surface area (Å²) in [6, 6.07) is 6.27. The first-order chi connectivity index (χ1) is 7.74. The van der Waals surface area contributed by atoms with E-state index >= 15 is 0 Å². The van der Waals surface area contributed by atoms with E-state index < -0.39 is 0 Å². The van der Waals surface area contributed by atoms with Gasteiger partial charge in [-0.2, -0.15) is 0 Å². The van der Waals surface area contributed by atoms with E-state index in [1.165, 1.54) is 0 Å². The van der Waals surface area contributed by atoms with Crippen LogP contribution >= 0.6 is 0 Å². The monoisotopic (exact) mass is 221 g/mol. The highest BCUT2D eigenvalue weighted by Gasteiger charge is 2.25. The molecule has 2 rings (SSSR count). The maximum atomic E-state index is 5.88. The van der Waals surface area contributed by atoms with E-state index in [1.807, 2.05) is 18.2 Å². The lowest BCUT2D eigenvalue weighted by Gasteiger charge is -2.36. The Bertz CT molecular complexity index is 367. The summed E-state index contributed by atoms with van der Waals surface area (Å²) in [4.78, 5) is 2.24. The summed E-state index contributed by atoms with van der Waals surface area (Å²) in [5.74, 6) is 0.814. The number of anilines is 2. The Labute approximate surface area is 96.2 Å². The van der Waals surface area contributed by atoms with Gasteiger partial charge in [0.2, 0.25) is 0 Å². The van der Waals surface area contributed by atoms with Crippen molar-refractivity contribution in [3.63, 3.8) is 0 Å². The number of para-hydroxylation sites is 1. The van der Waals surface area contributed by atoms with E-state index in [0.29, 0.717) is 18.3 Å². The first-order valence-corrected chi connectivity index (χ1v) is 5.68. The number of hydrogen-bond donors (Lipinski definition) is 2. The summed E-state index contributed by atoms with van der Waals surface area (Å²) in [7, 11) is 2.09. The maximum absolute atomic E-state index is 5.88. The van der Waals surface area contributed by atoms with Crippen LogP contribution in [0.3, 0.4) is 0 Å². The van der Waals surface area contributed by atoms with Gasteiger partial charge in [-0.05, 0) is 31.5 Å². The first kappa shape index (κ1) is 11.1. The van der Waals surface area contributed by atoms with E-state index in [9.17, 15) is 0 Å². The van der Waals surface area contributed by atoms with Crippen molar-refractivity contribution >= 4 is 11.4 Å². The zero-order chi connectivity index (χ0) is 11.5. The van der Waals surface area contributed by atoms with Crippen LogP contribution in [-0.2, 0) is 0 Å². The topological polar surface area (TPSA) is 64.5 Å². The maximum Gasteiger partial charge on any atom is 0.165 e. The van der Waals surface area contributed by atoms with Crippen molar-refractivity contribution < 1.29 is 4.74 Å². The van der Waals surface area contributed by atoms with Crippen LogP contribution in [0.15, 0.2) is 18.2 Å². The van der Waals surface area contributed by atoms with Crippen LogP contribution in [0.25, 0.3) is 0 Å². The minimum Gasteiger partial charge on any atom is -0.487 e. The van der Waals surface area contributed by atoms with E-state index in [1.54, 1.807) is 0 Å². The third-order valence-corrected chi connectivity index (χ3v) is 3.11. The summed E-state index contributed by atoms with van der Waals surface area (Å²) in [6.45, 7) is 1.42. The van der Waals surface area contributed by atoms with Gasteiger partial charge in [-0.3, -0.25) is 0 Å². The molecule has 0 amide bonds. The molecule has 88 valence electrons. The number of fused-ring (bicyclic) bond motifs is 1. The fraction of sp³-hybridized carbons (Fsp3) is 0.500. The predicted molar refractivity (Wildman–Crippen MR) is 66.8 cm³/mol. The van der Waals surface area contributed by atoms with Gasteiger partial charge in [-0.25, -0.2) is 0 Å². The molecule has 0 aromatic heterocycles. The molecule has 4 heteroatoms. The summed E-state index contributed by atoms with van der Waals surface area (Å²) < 4.78 is 5.73. The van der Waals surface area contributed by atoms with Gasteiger partial charge in [-0.15, -0.1) is 0 Å². The molecule has 0 spiro atoms. The molecule has 4 nitrogen and oxygen atoms in total. The molecule has 0 bridgehead atoms. The Kier molecular flexibility index (Phi) is 3.19. The van der Waals surface area contributed by atoms with E-state index in [-0.39, 0.29) is 0 Å². The van der Waals surface area contributed by atoms with Crippen molar-refractivity contribution in [2.75, 3.05) is 30.8 Å². The smallest absolute Gasteiger partial charge is 0.165 e. The fourth-order valence-corrected chi connectivity index (χ4v) is 2.10. The average Bonchev–Trinajstić information content (AvgIpc) is 2.29. The molecule has 0 aliphatic carbocycles. The fourth-order valence-electron chi connectivity index (χ4n) is 2.10. The molecule has 0 fully saturated rings. The third-order valence-electron chi connectivity index (χ3n) is 3.11. The van der Waals surface area contributed by atoms with Crippen molar-refractivity contribution in [3.8, 4) is 5.75 Å². The summed E-state index contributed by atoms with van der Waals surface area (Å²) in [6.07, 6.45) is 2.08. The van der Waals surface area contributed by atoms with E-state index in [4.69, 9.17) is 16.2 Å². The molecular formula is C12H19N3O. The Balaban J connectivity index is 2.18. The second kappa shape index (κ2) is 4.61. The molecule has 1 aromatic carbocycles. The van der Waals surface area contributed by atoms with Crippen LogP contribution in [0, 0.1) is 0 Å². The molecule has 0 radical (unpaired) electrons. The van der Waals surface area contributed by atoms with Gasteiger partial charge in [0.15, 0.2) is 5.75 Å². The molecule has 1 aromatic rings. The number of nitrogens with two attached hydrogens (primary N) is 2. The second-order valence-corrected chi connectivity index (χ2v) is 4.20. The average molecular weight is 221 g/mol. The van der Waals surface area contributed by atoms with Gasteiger partial charge >= 0.3 is 0 Å². The van der Waals surface area contributed by atoms with Gasteiger partial charge in [0.1, 0.15) is 6.61 Å². The van der Waals surface area contributed by atoms with E-state index in [2.05, 4.69) is 11.9 Å². The van der Waals surface area contributed by atoms with Crippen LogP contribution in [-0.4, -0.2) is 26.2 Å². The predicted octanol–water partition coefficient (Wildman–Crippen LogP) is 1.20. The zero-order valence-corrected chi connectivity index (χ0v) is 9.65. The Morgan fingerprint density at radius 1 is 1.50 bits per heavy atom. The van der Waals surface area contributed by atoms with Gasteiger partial charge in [0, 0.05) is 7.05 Å². The second-order valence-electron chi connectivity index (χ2n) is 4.20. The quantitative estimate of drug-likeness (QED) is 0.753. The van der Waals surface area contributed by atoms with E-state index in [0.717, 1.165) is 30.8 Å². The van der Waals surface area contributed by atoms with Crippen molar-refractivity contribution in [1.82, 2.24) is 0 Å². The Morgan fingerprint density at radius 3 is 3.06 bits per heavy atom. The number of hydrogen-bond acceptors (Lipinski definition) is 4. The minimum atomic E-state index is 0.401. The van der Waals surface area contributed by atoms with Crippen LogP contribution < -0.4 is 21.1 Å². The largest absolute Gasteiger partial charge is 0.487 e. The minimum absolute atomic E-state index is 0.401. The van der Waals surface area contributed by atoms with Gasteiger partial charge < -0.3 is 21.1 Å². The SMILES string of the molecule is CN1c2cccc(N)c2OCC1CCCN. The highest BCUT2D eigenvalue weighted by atomic mass is 16.5. The van der Waals surface area contributed by atoms with Gasteiger partial charge in [-0.1, -0.05) is 6.07 Å². The highest BCUT2D eigenvalue weighted by molar-refractivity contribution is 5.71. The van der Waals surface area contributed by atoms with Crippen LogP contribution in [0.2, 0.25) is 0 Å². The van der Waals surface area contributed by atoms with Crippen molar-refractivity contribution in [2.45, 2.75) is 18.9 Å². The van der Waals surface area contributed by atoms with Crippen LogP contribution in [0.1, 0.15) is 12.8 Å².